The second-order valence-electron chi connectivity index (χ2n) is 2.64. The highest BCUT2D eigenvalue weighted by Gasteiger charge is 2.19. The maximum atomic E-state index is 11.1. The molecule has 3 heteroatoms. The molecule has 0 saturated carbocycles. The average Bonchev–Trinajstić information content (AvgIpc) is 1.98. The Bertz CT molecular complexity index is 239. The lowest BCUT2D eigenvalue weighted by Crippen LogP contribution is -2.12. The molecule has 1 aliphatic rings. The number of carbonyl (C=O) groups excluding carboxylic acids is 1. The first-order chi connectivity index (χ1) is 5.24. The molecule has 2 nitrogen and oxygen atoms in total. The predicted molar refractivity (Wildman–Crippen MR) is 50.1 cm³/mol. The molecule has 0 bridgehead atoms. The zero-order valence-corrected chi connectivity index (χ0v) is 8.17. The van der Waals surface area contributed by atoms with Gasteiger partial charge < -0.3 is 0 Å². The Hall–Kier alpha value is -0.370. The summed E-state index contributed by atoms with van der Waals surface area (Å²) in [5.41, 5.74) is 0. The molecule has 1 rings (SSSR count). The Morgan fingerprint density at radius 2 is 2.55 bits per heavy atom. The monoisotopic (exact) mass is 261 g/mol. The van der Waals surface area contributed by atoms with E-state index in [1.54, 1.807) is 0 Å². The van der Waals surface area contributed by atoms with E-state index >= 15 is 0 Å². The minimum Gasteiger partial charge on any atom is -0.294 e. The molecule has 0 aromatic carbocycles. The molecule has 0 aromatic heterocycles. The third-order valence-electron chi connectivity index (χ3n) is 1.75. The van der Waals surface area contributed by atoms with E-state index in [1.165, 1.54) is 0 Å². The molecular formula is C8H8INO. The van der Waals surface area contributed by atoms with Gasteiger partial charge in [-0.05, 0) is 34.9 Å². The highest BCUT2D eigenvalue weighted by molar-refractivity contribution is 14.1. The Morgan fingerprint density at radius 1 is 1.82 bits per heavy atom. The van der Waals surface area contributed by atoms with Gasteiger partial charge in [0.1, 0.15) is 0 Å². The summed E-state index contributed by atoms with van der Waals surface area (Å²) in [6.07, 6.45) is 3.88. The molecule has 0 aromatic rings. The van der Waals surface area contributed by atoms with Crippen LogP contribution in [0.4, 0.5) is 0 Å². The van der Waals surface area contributed by atoms with Crippen LogP contribution in [0, 0.1) is 17.2 Å². The van der Waals surface area contributed by atoms with Crippen molar-refractivity contribution in [2.75, 3.05) is 0 Å². The molecule has 0 amide bonds. The number of hydrogen-bond acceptors (Lipinski definition) is 2. The maximum absolute atomic E-state index is 11.1. The van der Waals surface area contributed by atoms with Gasteiger partial charge >= 0.3 is 0 Å². The van der Waals surface area contributed by atoms with Crippen molar-refractivity contribution in [2.45, 2.75) is 19.3 Å². The fraction of sp³-hybridized carbons (Fsp3) is 0.500. The van der Waals surface area contributed by atoms with Crippen molar-refractivity contribution in [1.82, 2.24) is 0 Å². The summed E-state index contributed by atoms with van der Waals surface area (Å²) in [5.74, 6) is 0.461. The summed E-state index contributed by atoms with van der Waals surface area (Å²) >= 11 is 2.05. The van der Waals surface area contributed by atoms with E-state index in [0.717, 1.165) is 10.0 Å². The minimum absolute atomic E-state index is 0.192. The van der Waals surface area contributed by atoms with Crippen LogP contribution in [-0.2, 0) is 4.79 Å². The number of rotatable bonds is 1. The second kappa shape index (κ2) is 3.86. The Kier molecular flexibility index (Phi) is 3.06. The molecule has 0 spiro atoms. The molecule has 58 valence electrons. The Balaban J connectivity index is 2.57. The first kappa shape index (κ1) is 8.72. The molecule has 1 unspecified atom stereocenters. The van der Waals surface area contributed by atoms with Crippen LogP contribution in [0.1, 0.15) is 19.3 Å². The molecular weight excluding hydrogens is 253 g/mol. The lowest BCUT2D eigenvalue weighted by molar-refractivity contribution is -0.115. The molecule has 0 aliphatic heterocycles. The normalized spacial score (nSPS) is 24.2. The largest absolute Gasteiger partial charge is 0.294 e. The second-order valence-corrected chi connectivity index (χ2v) is 3.81. The van der Waals surface area contributed by atoms with E-state index in [1.807, 2.05) is 28.7 Å². The topological polar surface area (TPSA) is 40.9 Å². The quantitative estimate of drug-likeness (QED) is 0.679. The minimum atomic E-state index is 0.192. The van der Waals surface area contributed by atoms with Gasteiger partial charge in [-0.1, -0.05) is 6.08 Å². The zero-order chi connectivity index (χ0) is 8.27. The lowest BCUT2D eigenvalue weighted by Gasteiger charge is -2.14. The highest BCUT2D eigenvalue weighted by atomic mass is 127. The van der Waals surface area contributed by atoms with Crippen LogP contribution in [0.2, 0.25) is 0 Å². The van der Waals surface area contributed by atoms with E-state index in [-0.39, 0.29) is 11.7 Å². The first-order valence-electron chi connectivity index (χ1n) is 3.50. The van der Waals surface area contributed by atoms with E-state index in [4.69, 9.17) is 5.26 Å². The van der Waals surface area contributed by atoms with Gasteiger partial charge in [0.25, 0.3) is 0 Å². The zero-order valence-electron chi connectivity index (χ0n) is 6.01. The van der Waals surface area contributed by atoms with Gasteiger partial charge in [-0.3, -0.25) is 4.79 Å². The highest BCUT2D eigenvalue weighted by Crippen LogP contribution is 2.26. The van der Waals surface area contributed by atoms with Crippen LogP contribution in [0.15, 0.2) is 9.66 Å². The van der Waals surface area contributed by atoms with Gasteiger partial charge in [-0.25, -0.2) is 0 Å². The van der Waals surface area contributed by atoms with Crippen LogP contribution in [-0.4, -0.2) is 5.78 Å². The number of nitrogens with zero attached hydrogens (tertiary/aromatic N) is 1. The van der Waals surface area contributed by atoms with Crippen LogP contribution in [0.25, 0.3) is 0 Å². The van der Waals surface area contributed by atoms with Crippen LogP contribution >= 0.6 is 22.6 Å². The molecule has 11 heavy (non-hydrogen) atoms. The van der Waals surface area contributed by atoms with E-state index in [0.29, 0.717) is 12.8 Å². The molecule has 0 N–H and O–H groups in total. The van der Waals surface area contributed by atoms with E-state index in [9.17, 15) is 4.79 Å². The number of hydrogen-bond donors (Lipinski definition) is 0. The summed E-state index contributed by atoms with van der Waals surface area (Å²) in [5, 5.41) is 8.39. The van der Waals surface area contributed by atoms with Gasteiger partial charge in [0.2, 0.25) is 0 Å². The third-order valence-corrected chi connectivity index (χ3v) is 2.79. The van der Waals surface area contributed by atoms with Crippen molar-refractivity contribution >= 4 is 28.4 Å². The van der Waals surface area contributed by atoms with E-state index < -0.39 is 0 Å². The molecule has 0 fully saturated rings. The number of carbonyl (C=O) groups is 1. The van der Waals surface area contributed by atoms with Gasteiger partial charge in [0.15, 0.2) is 5.78 Å². The maximum Gasteiger partial charge on any atom is 0.168 e. The van der Waals surface area contributed by atoms with Crippen LogP contribution in [0.3, 0.4) is 0 Å². The third kappa shape index (κ3) is 2.29. The summed E-state index contributed by atoms with van der Waals surface area (Å²) < 4.78 is 0.830. The van der Waals surface area contributed by atoms with Crippen LogP contribution in [0.5, 0.6) is 0 Å². The number of nitriles is 1. The molecule has 0 saturated heterocycles. The standard InChI is InChI=1S/C8H8INO/c9-7-2-1-6(3-4-10)5-8(7)11/h2,6H,1,3,5H2. The molecule has 0 radical (unpaired) electrons. The van der Waals surface area contributed by atoms with Crippen molar-refractivity contribution in [3.05, 3.63) is 9.66 Å². The van der Waals surface area contributed by atoms with Crippen molar-refractivity contribution in [3.63, 3.8) is 0 Å². The lowest BCUT2D eigenvalue weighted by atomic mass is 9.91. The molecule has 0 heterocycles. The molecule has 1 atom stereocenters. The van der Waals surface area contributed by atoms with Gasteiger partial charge in [-0.2, -0.15) is 5.26 Å². The summed E-state index contributed by atoms with van der Waals surface area (Å²) in [4.78, 5) is 11.1. The van der Waals surface area contributed by atoms with Gasteiger partial charge in [0, 0.05) is 12.8 Å². The number of allylic oxidation sites excluding steroid dienone is 2. The first-order valence-corrected chi connectivity index (χ1v) is 4.57. The van der Waals surface area contributed by atoms with Gasteiger partial charge in [0.05, 0.1) is 9.65 Å². The van der Waals surface area contributed by atoms with E-state index in [2.05, 4.69) is 6.07 Å². The number of halogens is 1. The number of Topliss-reactive ketones (excluding diaryl/α,β-unsaturated/α-hetero) is 1. The average molecular weight is 261 g/mol. The Morgan fingerprint density at radius 3 is 3.09 bits per heavy atom. The van der Waals surface area contributed by atoms with Crippen LogP contribution < -0.4 is 0 Å². The van der Waals surface area contributed by atoms with Gasteiger partial charge in [-0.15, -0.1) is 0 Å². The SMILES string of the molecule is N#CCC1CC=C(I)C(=O)C1. The fourth-order valence-corrected chi connectivity index (χ4v) is 1.59. The van der Waals surface area contributed by atoms with Crippen molar-refractivity contribution < 1.29 is 4.79 Å². The fourth-order valence-electron chi connectivity index (χ4n) is 1.11. The summed E-state index contributed by atoms with van der Waals surface area (Å²) in [6, 6.07) is 2.09. The van der Waals surface area contributed by atoms with Crippen molar-refractivity contribution in [2.24, 2.45) is 5.92 Å². The Labute approximate surface area is 79.4 Å². The van der Waals surface area contributed by atoms with Crippen molar-refractivity contribution in [3.8, 4) is 6.07 Å². The summed E-state index contributed by atoms with van der Waals surface area (Å²) in [6.45, 7) is 0. The smallest absolute Gasteiger partial charge is 0.168 e. The summed E-state index contributed by atoms with van der Waals surface area (Å²) in [7, 11) is 0. The predicted octanol–water partition coefficient (Wildman–Crippen LogP) is 2.20. The number of ketones is 1. The van der Waals surface area contributed by atoms with Crippen molar-refractivity contribution in [1.29, 1.82) is 5.26 Å². The molecule has 1 aliphatic carbocycles.